The second-order valence-electron chi connectivity index (χ2n) is 17.8. The topological polar surface area (TPSA) is 0 Å². The van der Waals surface area contributed by atoms with Crippen LogP contribution in [0.1, 0.15) is 43.4 Å². The van der Waals surface area contributed by atoms with Crippen LogP contribution in [0, 0.1) is 0 Å². The van der Waals surface area contributed by atoms with E-state index in [1.807, 2.05) is 0 Å². The van der Waals surface area contributed by atoms with Crippen molar-refractivity contribution in [3.8, 4) is 0 Å². The molecule has 0 N–H and O–H groups in total. The van der Waals surface area contributed by atoms with Crippen molar-refractivity contribution < 1.29 is 15.0 Å². The second-order valence-corrected chi connectivity index (χ2v) is 76.8. The monoisotopic (exact) mass is 764 g/mol. The Hall–Kier alpha value is 0.468. The van der Waals surface area contributed by atoms with Gasteiger partial charge in [-0.05, 0) is 0 Å². The molecule has 0 aromatic heterocycles. The summed E-state index contributed by atoms with van der Waals surface area (Å²) in [4.78, 5) is 0. The molecule has 2 aliphatic carbocycles. The van der Waals surface area contributed by atoms with Gasteiger partial charge in [-0.25, -0.2) is 0 Å². The van der Waals surface area contributed by atoms with E-state index in [1.165, 1.54) is 33.4 Å². The van der Waals surface area contributed by atoms with E-state index in [0.717, 1.165) is 0 Å². The molecule has 0 fully saturated rings. The van der Waals surface area contributed by atoms with Crippen LogP contribution in [0.15, 0.2) is 35.4 Å². The SMILES string of the molecule is CC1=Cc2cc([Si](C)(C)C)c([Si](C)(C)C)cc2[CH]1[Zr]([Cl])([Cl])([CH]1C(C)=Cc2cc([Si](C)(C)C)c([Si](C)(C)C)cc21)=[Si](C)C. The Kier molecular flexibility index (Phi) is 9.04. The standard InChI is InChI=1S/2C16H25Si2.C2H6Si.2ClH.Zr/c2*1-12-8-13-10-15(17(2,3)4)16(18(5,6)7)11-14(13)9-12;1-3-2;;;/h2*8-11H,1-7H3;1-2H3;2*1H;/q;;;;;+2/p-2. The molecule has 0 bridgehead atoms. The van der Waals surface area contributed by atoms with Crippen LogP contribution >= 0.6 is 17.0 Å². The van der Waals surface area contributed by atoms with Gasteiger partial charge < -0.3 is 0 Å². The van der Waals surface area contributed by atoms with E-state index >= 15 is 0 Å². The van der Waals surface area contributed by atoms with Gasteiger partial charge in [0, 0.05) is 0 Å². The number of rotatable bonds is 6. The first-order chi connectivity index (χ1) is 18.7. The van der Waals surface area contributed by atoms with E-state index in [2.05, 4.69) is 142 Å². The van der Waals surface area contributed by atoms with Crippen molar-refractivity contribution in [1.82, 2.24) is 0 Å². The molecule has 4 rings (SSSR count). The van der Waals surface area contributed by atoms with E-state index in [-0.39, 0.29) is 7.25 Å². The average Bonchev–Trinajstić information content (AvgIpc) is 3.30. The third-order valence-electron chi connectivity index (χ3n) is 9.99. The molecule has 0 saturated heterocycles. The summed E-state index contributed by atoms with van der Waals surface area (Å²) in [6.07, 6.45) is 4.94. The van der Waals surface area contributed by atoms with Crippen molar-refractivity contribution in [3.63, 3.8) is 0 Å². The van der Waals surface area contributed by atoms with E-state index in [4.69, 9.17) is 17.0 Å². The predicted octanol–water partition coefficient (Wildman–Crippen LogP) is 9.73. The van der Waals surface area contributed by atoms with Crippen molar-refractivity contribution in [2.45, 2.75) is 113 Å². The zero-order chi connectivity index (χ0) is 32.2. The summed E-state index contributed by atoms with van der Waals surface area (Å²) in [5.41, 5.74) is 7.48. The van der Waals surface area contributed by atoms with Crippen LogP contribution < -0.4 is 20.7 Å². The molecule has 0 heterocycles. The van der Waals surface area contributed by atoms with Gasteiger partial charge in [0.1, 0.15) is 0 Å². The van der Waals surface area contributed by atoms with Gasteiger partial charge in [0.25, 0.3) is 0 Å². The summed E-state index contributed by atoms with van der Waals surface area (Å²) in [6, 6.07) is 10.4. The molecule has 0 nitrogen and oxygen atoms in total. The summed E-state index contributed by atoms with van der Waals surface area (Å²) in [5, 5.41) is 6.56. The minimum atomic E-state index is -4.69. The van der Waals surface area contributed by atoms with Gasteiger partial charge in [-0.15, -0.1) is 0 Å². The molecule has 2 unspecified atom stereocenters. The summed E-state index contributed by atoms with van der Waals surface area (Å²) in [5.74, 6) is 0. The fraction of sp³-hybridized carbons (Fsp3) is 0.529. The van der Waals surface area contributed by atoms with Crippen LogP contribution in [-0.2, 0) is 15.0 Å². The number of hydrogen-bond acceptors (Lipinski definition) is 0. The first-order valence-corrected chi connectivity index (χ1v) is 45.2. The molecule has 42 heavy (non-hydrogen) atoms. The van der Waals surface area contributed by atoms with E-state index in [9.17, 15) is 0 Å². The van der Waals surface area contributed by atoms with Gasteiger partial charge in [0.15, 0.2) is 0 Å². The Balaban J connectivity index is 2.08. The van der Waals surface area contributed by atoms with E-state index in [0.29, 0.717) is 0 Å². The van der Waals surface area contributed by atoms with E-state index in [1.54, 1.807) is 20.7 Å². The van der Waals surface area contributed by atoms with Gasteiger partial charge in [-0.3, -0.25) is 0 Å². The summed E-state index contributed by atoms with van der Waals surface area (Å²) in [6.45, 7) is 39.7. The summed E-state index contributed by atoms with van der Waals surface area (Å²) in [7, 11) is 10.9. The third kappa shape index (κ3) is 5.78. The summed E-state index contributed by atoms with van der Waals surface area (Å²) >= 11 is -4.69. The van der Waals surface area contributed by atoms with Crippen molar-refractivity contribution in [1.29, 1.82) is 0 Å². The van der Waals surface area contributed by atoms with Crippen LogP contribution in [0.2, 0.25) is 91.7 Å². The quantitative estimate of drug-likeness (QED) is 0.257. The normalized spacial score (nSPS) is 19.9. The molecule has 2 atom stereocenters. The maximum absolute atomic E-state index is 8.56. The number of fused-ring (bicyclic) bond motifs is 2. The number of hydrogen-bond donors (Lipinski definition) is 0. The number of benzene rings is 2. The van der Waals surface area contributed by atoms with Crippen molar-refractivity contribution >= 4 is 87.7 Å². The molecule has 0 aliphatic heterocycles. The zero-order valence-corrected chi connectivity index (χ0v) is 38.3. The molecule has 2 aromatic rings. The van der Waals surface area contributed by atoms with Crippen LogP contribution in [-0.4, -0.2) is 37.7 Å². The molecule has 2 aromatic carbocycles. The molecule has 0 saturated carbocycles. The second kappa shape index (κ2) is 10.8. The van der Waals surface area contributed by atoms with Gasteiger partial charge in [-0.1, -0.05) is 0 Å². The van der Waals surface area contributed by atoms with Gasteiger partial charge in [0.2, 0.25) is 0 Å². The third-order valence-corrected chi connectivity index (χ3v) is 65.6. The van der Waals surface area contributed by atoms with Crippen LogP contribution in [0.3, 0.4) is 0 Å². The maximum atomic E-state index is 8.56. The molecule has 0 amide bonds. The Morgan fingerprint density at radius 2 is 0.786 bits per heavy atom. The van der Waals surface area contributed by atoms with Crippen LogP contribution in [0.5, 0.6) is 0 Å². The molecular weight excluding hydrogens is 711 g/mol. The fourth-order valence-corrected chi connectivity index (χ4v) is 48.6. The Bertz CT molecular complexity index is 1500. The Morgan fingerprint density at radius 1 is 0.524 bits per heavy atom. The van der Waals surface area contributed by atoms with E-state index < -0.39 is 52.7 Å². The number of halogens is 2. The molecule has 0 radical (unpaired) electrons. The van der Waals surface area contributed by atoms with Gasteiger partial charge in [0.05, 0.1) is 0 Å². The van der Waals surface area contributed by atoms with Crippen molar-refractivity contribution in [3.05, 3.63) is 57.7 Å². The molecule has 2 aliphatic rings. The average molecular weight is 767 g/mol. The predicted molar refractivity (Wildman–Crippen MR) is 207 cm³/mol. The molecule has 8 heteroatoms. The number of allylic oxidation sites excluding steroid dienone is 2. The minimum absolute atomic E-state index is 0.172. The van der Waals surface area contributed by atoms with Crippen LogP contribution in [0.4, 0.5) is 0 Å². The fourth-order valence-electron chi connectivity index (χ4n) is 7.80. The molecule has 230 valence electrons. The zero-order valence-electron chi connectivity index (χ0n) is 29.4. The molecular formula is C34H56Cl2Si5Zr. The van der Waals surface area contributed by atoms with Gasteiger partial charge in [-0.2, -0.15) is 0 Å². The van der Waals surface area contributed by atoms with Gasteiger partial charge >= 0.3 is 273 Å². The Labute approximate surface area is 270 Å². The van der Waals surface area contributed by atoms with Crippen molar-refractivity contribution in [2.24, 2.45) is 0 Å². The van der Waals surface area contributed by atoms with Crippen molar-refractivity contribution in [2.75, 3.05) is 0 Å². The molecule has 0 spiro atoms. The summed E-state index contributed by atoms with van der Waals surface area (Å²) < 4.78 is 0.344. The Morgan fingerprint density at radius 3 is 1.02 bits per heavy atom. The first kappa shape index (κ1) is 35.3. The first-order valence-electron chi connectivity index (χ1n) is 15.8. The van der Waals surface area contributed by atoms with Crippen LogP contribution in [0.25, 0.3) is 12.2 Å².